The molecule has 0 amide bonds. The lowest BCUT2D eigenvalue weighted by Crippen LogP contribution is -2.35. The molecule has 1 atom stereocenters. The highest BCUT2D eigenvalue weighted by molar-refractivity contribution is 7.80. The van der Waals surface area contributed by atoms with Gasteiger partial charge in [0.05, 0.1) is 12.3 Å². The number of para-hydroxylation sites is 2. The summed E-state index contributed by atoms with van der Waals surface area (Å²) in [4.78, 5) is 0. The summed E-state index contributed by atoms with van der Waals surface area (Å²) in [5.41, 5.74) is 0.903. The Morgan fingerprint density at radius 1 is 1.33 bits per heavy atom. The molecule has 0 aromatic heterocycles. The molecule has 1 aromatic carbocycles. The van der Waals surface area contributed by atoms with Crippen molar-refractivity contribution < 1.29 is 4.74 Å². The lowest BCUT2D eigenvalue weighted by atomic mass is 10.2. The predicted molar refractivity (Wildman–Crippen MR) is 81.3 cm³/mol. The first-order valence-corrected chi connectivity index (χ1v) is 6.87. The second kappa shape index (κ2) is 7.93. The summed E-state index contributed by atoms with van der Waals surface area (Å²) in [6.45, 7) is 6.91. The SMILES string of the molecule is CCCC(C)NC(=S)Nc1ccccc1OCC. The number of nitrogens with one attached hydrogen (secondary N) is 2. The van der Waals surface area contributed by atoms with Crippen LogP contribution in [0.1, 0.15) is 33.6 Å². The number of rotatable bonds is 6. The van der Waals surface area contributed by atoms with Crippen molar-refractivity contribution in [2.24, 2.45) is 0 Å². The Labute approximate surface area is 115 Å². The summed E-state index contributed by atoms with van der Waals surface area (Å²) >= 11 is 5.29. The molecule has 1 unspecified atom stereocenters. The van der Waals surface area contributed by atoms with Crippen molar-refractivity contribution in [2.45, 2.75) is 39.7 Å². The van der Waals surface area contributed by atoms with Gasteiger partial charge in [0, 0.05) is 6.04 Å². The van der Waals surface area contributed by atoms with Crippen molar-refractivity contribution in [1.29, 1.82) is 0 Å². The van der Waals surface area contributed by atoms with E-state index in [9.17, 15) is 0 Å². The number of anilines is 1. The molecule has 100 valence electrons. The van der Waals surface area contributed by atoms with Crippen LogP contribution in [0.3, 0.4) is 0 Å². The zero-order valence-electron chi connectivity index (χ0n) is 11.3. The fourth-order valence-corrected chi connectivity index (χ4v) is 2.05. The van der Waals surface area contributed by atoms with E-state index in [1.807, 2.05) is 31.2 Å². The Hall–Kier alpha value is -1.29. The van der Waals surface area contributed by atoms with E-state index in [2.05, 4.69) is 24.5 Å². The third-order valence-electron chi connectivity index (χ3n) is 2.53. The molecule has 0 bridgehead atoms. The first-order chi connectivity index (χ1) is 8.67. The Bertz CT molecular complexity index is 382. The molecule has 4 heteroatoms. The Morgan fingerprint density at radius 2 is 2.06 bits per heavy atom. The molecule has 2 N–H and O–H groups in total. The minimum atomic E-state index is 0.384. The second-order valence-electron chi connectivity index (χ2n) is 4.22. The molecule has 0 heterocycles. The van der Waals surface area contributed by atoms with Crippen LogP contribution in [0.5, 0.6) is 5.75 Å². The van der Waals surface area contributed by atoms with Crippen LogP contribution in [-0.4, -0.2) is 17.8 Å². The van der Waals surface area contributed by atoms with Gasteiger partial charge in [0.2, 0.25) is 0 Å². The van der Waals surface area contributed by atoms with Crippen molar-refractivity contribution >= 4 is 23.0 Å². The molecular weight excluding hydrogens is 244 g/mol. The summed E-state index contributed by atoms with van der Waals surface area (Å²) < 4.78 is 5.54. The molecule has 0 saturated heterocycles. The number of hydrogen-bond donors (Lipinski definition) is 2. The maximum absolute atomic E-state index is 5.54. The molecule has 0 aliphatic rings. The van der Waals surface area contributed by atoms with Gasteiger partial charge in [-0.25, -0.2) is 0 Å². The van der Waals surface area contributed by atoms with E-state index < -0.39 is 0 Å². The Morgan fingerprint density at radius 3 is 2.72 bits per heavy atom. The average Bonchev–Trinajstić information content (AvgIpc) is 2.32. The maximum atomic E-state index is 5.54. The third-order valence-corrected chi connectivity index (χ3v) is 2.75. The van der Waals surface area contributed by atoms with Gasteiger partial charge in [-0.15, -0.1) is 0 Å². The Kier molecular flexibility index (Phi) is 6.50. The van der Waals surface area contributed by atoms with Crippen LogP contribution in [0.15, 0.2) is 24.3 Å². The van der Waals surface area contributed by atoms with Crippen LogP contribution in [0.25, 0.3) is 0 Å². The molecule has 18 heavy (non-hydrogen) atoms. The average molecular weight is 266 g/mol. The summed E-state index contributed by atoms with van der Waals surface area (Å²) in [7, 11) is 0. The van der Waals surface area contributed by atoms with Crippen molar-refractivity contribution in [2.75, 3.05) is 11.9 Å². The van der Waals surface area contributed by atoms with Gasteiger partial charge in [-0.05, 0) is 44.6 Å². The standard InChI is InChI=1S/C14H22N2OS/c1-4-8-11(3)15-14(18)16-12-9-6-7-10-13(12)17-5-2/h6-7,9-11H,4-5,8H2,1-3H3,(H2,15,16,18). The monoisotopic (exact) mass is 266 g/mol. The van der Waals surface area contributed by atoms with Crippen LogP contribution in [-0.2, 0) is 0 Å². The van der Waals surface area contributed by atoms with E-state index in [1.54, 1.807) is 0 Å². The smallest absolute Gasteiger partial charge is 0.171 e. The fourth-order valence-electron chi connectivity index (χ4n) is 1.74. The summed E-state index contributed by atoms with van der Waals surface area (Å²) in [5, 5.41) is 7.09. The van der Waals surface area contributed by atoms with Crippen LogP contribution >= 0.6 is 12.2 Å². The lowest BCUT2D eigenvalue weighted by molar-refractivity contribution is 0.342. The third kappa shape index (κ3) is 4.92. The van der Waals surface area contributed by atoms with Gasteiger partial charge in [0.15, 0.2) is 5.11 Å². The molecule has 0 aliphatic carbocycles. The van der Waals surface area contributed by atoms with Crippen LogP contribution < -0.4 is 15.4 Å². The van der Waals surface area contributed by atoms with Crippen LogP contribution in [0.2, 0.25) is 0 Å². The van der Waals surface area contributed by atoms with E-state index in [0.29, 0.717) is 17.8 Å². The van der Waals surface area contributed by atoms with Gasteiger partial charge >= 0.3 is 0 Å². The number of benzene rings is 1. The van der Waals surface area contributed by atoms with Gasteiger partial charge in [-0.3, -0.25) is 0 Å². The van der Waals surface area contributed by atoms with E-state index in [1.165, 1.54) is 0 Å². The summed E-state index contributed by atoms with van der Waals surface area (Å²) in [6.07, 6.45) is 2.25. The largest absolute Gasteiger partial charge is 0.492 e. The molecular formula is C14H22N2OS. The highest BCUT2D eigenvalue weighted by Crippen LogP contribution is 2.23. The fraction of sp³-hybridized carbons (Fsp3) is 0.500. The van der Waals surface area contributed by atoms with Crippen molar-refractivity contribution in [3.63, 3.8) is 0 Å². The second-order valence-corrected chi connectivity index (χ2v) is 4.63. The molecule has 0 aliphatic heterocycles. The minimum absolute atomic E-state index is 0.384. The summed E-state index contributed by atoms with van der Waals surface area (Å²) in [5.74, 6) is 0.826. The van der Waals surface area contributed by atoms with Crippen molar-refractivity contribution in [3.8, 4) is 5.75 Å². The molecule has 0 saturated carbocycles. The quantitative estimate of drug-likeness (QED) is 0.771. The highest BCUT2D eigenvalue weighted by Gasteiger charge is 2.06. The van der Waals surface area contributed by atoms with E-state index in [4.69, 9.17) is 17.0 Å². The molecule has 3 nitrogen and oxygen atoms in total. The highest BCUT2D eigenvalue weighted by atomic mass is 32.1. The van der Waals surface area contributed by atoms with Gasteiger partial charge < -0.3 is 15.4 Å². The Balaban J connectivity index is 2.58. The van der Waals surface area contributed by atoms with Gasteiger partial charge in [-0.1, -0.05) is 25.5 Å². The number of thiocarbonyl (C=S) groups is 1. The molecule has 0 fully saturated rings. The summed E-state index contributed by atoms with van der Waals surface area (Å²) in [6, 6.07) is 8.19. The first kappa shape index (κ1) is 14.8. The maximum Gasteiger partial charge on any atom is 0.171 e. The predicted octanol–water partition coefficient (Wildman–Crippen LogP) is 3.56. The van der Waals surface area contributed by atoms with E-state index in [0.717, 1.165) is 24.3 Å². The van der Waals surface area contributed by atoms with Crippen molar-refractivity contribution in [3.05, 3.63) is 24.3 Å². The molecule has 0 radical (unpaired) electrons. The molecule has 1 rings (SSSR count). The zero-order chi connectivity index (χ0) is 13.4. The lowest BCUT2D eigenvalue weighted by Gasteiger charge is -2.17. The van der Waals surface area contributed by atoms with Gasteiger partial charge in [-0.2, -0.15) is 0 Å². The zero-order valence-corrected chi connectivity index (χ0v) is 12.1. The van der Waals surface area contributed by atoms with Crippen LogP contribution in [0.4, 0.5) is 5.69 Å². The van der Waals surface area contributed by atoms with E-state index >= 15 is 0 Å². The normalized spacial score (nSPS) is 11.7. The van der Waals surface area contributed by atoms with Gasteiger partial charge in [0.1, 0.15) is 5.75 Å². The number of hydrogen-bond acceptors (Lipinski definition) is 2. The topological polar surface area (TPSA) is 33.3 Å². The number of ether oxygens (including phenoxy) is 1. The molecule has 0 spiro atoms. The molecule has 1 aromatic rings. The van der Waals surface area contributed by atoms with Crippen LogP contribution in [0, 0.1) is 0 Å². The van der Waals surface area contributed by atoms with E-state index in [-0.39, 0.29) is 0 Å². The van der Waals surface area contributed by atoms with Gasteiger partial charge in [0.25, 0.3) is 0 Å². The van der Waals surface area contributed by atoms with Crippen molar-refractivity contribution in [1.82, 2.24) is 5.32 Å². The minimum Gasteiger partial charge on any atom is -0.492 e. The first-order valence-electron chi connectivity index (χ1n) is 6.46.